The van der Waals surface area contributed by atoms with Gasteiger partial charge in [-0.2, -0.15) is 0 Å². The molecule has 146 valence electrons. The number of halogens is 1. The van der Waals surface area contributed by atoms with Crippen LogP contribution in [0.4, 0.5) is 0 Å². The van der Waals surface area contributed by atoms with Crippen molar-refractivity contribution in [3.05, 3.63) is 0 Å². The summed E-state index contributed by atoms with van der Waals surface area (Å²) in [7, 11) is 0. The van der Waals surface area contributed by atoms with E-state index in [9.17, 15) is 0 Å². The first-order valence-electron chi connectivity index (χ1n) is 10.7. The Bertz CT molecular complexity index is 235. The second kappa shape index (κ2) is 18.1. The maximum absolute atomic E-state index is 5.73. The summed E-state index contributed by atoms with van der Waals surface area (Å²) in [4.78, 5) is 0. The minimum atomic E-state index is 0.452. The Morgan fingerprint density at radius 1 is 0.542 bits per heavy atom. The van der Waals surface area contributed by atoms with Crippen LogP contribution in [0.1, 0.15) is 117 Å². The highest BCUT2D eigenvalue weighted by molar-refractivity contribution is 6.17. The molecular weight excluding hydrogens is 316 g/mol. The summed E-state index contributed by atoms with van der Waals surface area (Å²) in [6, 6.07) is 0. The molecule has 0 saturated carbocycles. The molecule has 1 nitrogen and oxygen atoms in total. The predicted molar refractivity (Wildman–Crippen MR) is 110 cm³/mol. The first kappa shape index (κ1) is 24.2. The fourth-order valence-electron chi connectivity index (χ4n) is 3.05. The van der Waals surface area contributed by atoms with Gasteiger partial charge in [-0.1, -0.05) is 91.4 Å². The lowest BCUT2D eigenvalue weighted by molar-refractivity contribution is 0.118. The number of hydrogen-bond acceptors (Lipinski definition) is 1. The molecular formula is C22H45ClO. The Morgan fingerprint density at radius 3 is 1.33 bits per heavy atom. The molecule has 0 aliphatic heterocycles. The molecule has 0 heterocycles. The summed E-state index contributed by atoms with van der Waals surface area (Å²) in [5.41, 5.74) is 0.452. The van der Waals surface area contributed by atoms with Crippen LogP contribution in [0.5, 0.6) is 0 Å². The Morgan fingerprint density at radius 2 is 0.917 bits per heavy atom. The molecule has 0 amide bonds. The third kappa shape index (κ3) is 22.2. The zero-order chi connectivity index (χ0) is 17.9. The molecule has 0 aromatic rings. The van der Waals surface area contributed by atoms with E-state index in [1.165, 1.54) is 96.3 Å². The normalized spacial score (nSPS) is 12.0. The molecule has 0 atom stereocenters. The van der Waals surface area contributed by atoms with Crippen molar-refractivity contribution in [2.75, 3.05) is 19.1 Å². The standard InChI is InChI=1S/C22H45ClO/c1-22(2,3)18-17-21-24-20-16-14-12-10-8-6-4-5-7-9-11-13-15-19-23/h4-21H2,1-3H3. The molecule has 0 saturated heterocycles. The van der Waals surface area contributed by atoms with Gasteiger partial charge >= 0.3 is 0 Å². The molecule has 0 aliphatic carbocycles. The van der Waals surface area contributed by atoms with Gasteiger partial charge < -0.3 is 4.74 Å². The number of unbranched alkanes of at least 4 members (excludes halogenated alkanes) is 12. The lowest BCUT2D eigenvalue weighted by atomic mass is 9.91. The van der Waals surface area contributed by atoms with Gasteiger partial charge in [0.15, 0.2) is 0 Å². The number of hydrogen-bond donors (Lipinski definition) is 0. The van der Waals surface area contributed by atoms with Crippen LogP contribution in [0.25, 0.3) is 0 Å². The van der Waals surface area contributed by atoms with Gasteiger partial charge in [0.25, 0.3) is 0 Å². The van der Waals surface area contributed by atoms with E-state index in [2.05, 4.69) is 20.8 Å². The quantitative estimate of drug-likeness (QED) is 0.177. The molecule has 0 radical (unpaired) electrons. The summed E-state index contributed by atoms with van der Waals surface area (Å²) >= 11 is 5.68. The van der Waals surface area contributed by atoms with E-state index in [1.54, 1.807) is 0 Å². The molecule has 0 aromatic carbocycles. The summed E-state index contributed by atoms with van der Waals surface area (Å²) in [6.45, 7) is 8.82. The average molecular weight is 361 g/mol. The third-order valence-corrected chi connectivity index (χ3v) is 4.91. The lowest BCUT2D eigenvalue weighted by Crippen LogP contribution is -2.07. The summed E-state index contributed by atoms with van der Waals surface area (Å²) in [5, 5.41) is 0. The second-order valence-corrected chi connectivity index (χ2v) is 8.94. The maximum Gasteiger partial charge on any atom is 0.0466 e. The number of rotatable bonds is 18. The molecule has 0 unspecified atom stereocenters. The van der Waals surface area contributed by atoms with Crippen molar-refractivity contribution in [2.45, 2.75) is 117 Å². The van der Waals surface area contributed by atoms with Crippen molar-refractivity contribution >= 4 is 11.6 Å². The smallest absolute Gasteiger partial charge is 0.0466 e. The van der Waals surface area contributed by atoms with Crippen molar-refractivity contribution in [2.24, 2.45) is 5.41 Å². The van der Waals surface area contributed by atoms with Crippen molar-refractivity contribution in [3.8, 4) is 0 Å². The topological polar surface area (TPSA) is 9.23 Å². The van der Waals surface area contributed by atoms with Crippen LogP contribution in [0.3, 0.4) is 0 Å². The van der Waals surface area contributed by atoms with Gasteiger partial charge in [0, 0.05) is 19.1 Å². The summed E-state index contributed by atoms with van der Waals surface area (Å²) in [6.07, 6.45) is 20.3. The van der Waals surface area contributed by atoms with Crippen LogP contribution in [-0.4, -0.2) is 19.1 Å². The Balaban J connectivity index is 3.00. The third-order valence-electron chi connectivity index (χ3n) is 4.64. The first-order chi connectivity index (χ1) is 11.6. The predicted octanol–water partition coefficient (Wildman–Crippen LogP) is 8.14. The highest BCUT2D eigenvalue weighted by Gasteiger charge is 2.08. The SMILES string of the molecule is CC(C)(C)CCCOCCCCCCCCCCCCCCCCl. The van der Waals surface area contributed by atoms with Gasteiger partial charge in [-0.3, -0.25) is 0 Å². The van der Waals surface area contributed by atoms with Gasteiger partial charge in [-0.25, -0.2) is 0 Å². The van der Waals surface area contributed by atoms with Crippen molar-refractivity contribution in [1.29, 1.82) is 0 Å². The van der Waals surface area contributed by atoms with E-state index in [0.717, 1.165) is 19.1 Å². The van der Waals surface area contributed by atoms with Gasteiger partial charge in [-0.15, -0.1) is 11.6 Å². The van der Waals surface area contributed by atoms with Gasteiger partial charge in [0.1, 0.15) is 0 Å². The number of alkyl halides is 1. The molecule has 0 rings (SSSR count). The van der Waals surface area contributed by atoms with E-state index in [1.807, 2.05) is 0 Å². The van der Waals surface area contributed by atoms with Crippen molar-refractivity contribution < 1.29 is 4.74 Å². The van der Waals surface area contributed by atoms with Crippen LogP contribution in [0.15, 0.2) is 0 Å². The molecule has 24 heavy (non-hydrogen) atoms. The van der Waals surface area contributed by atoms with E-state index >= 15 is 0 Å². The minimum Gasteiger partial charge on any atom is -0.381 e. The first-order valence-corrected chi connectivity index (χ1v) is 11.2. The van der Waals surface area contributed by atoms with Crippen LogP contribution in [0.2, 0.25) is 0 Å². The molecule has 0 aromatic heterocycles. The molecule has 0 aliphatic rings. The highest BCUT2D eigenvalue weighted by atomic mass is 35.5. The van der Waals surface area contributed by atoms with Crippen LogP contribution >= 0.6 is 11.6 Å². The Labute approximate surface area is 158 Å². The zero-order valence-corrected chi connectivity index (χ0v) is 17.8. The maximum atomic E-state index is 5.73. The summed E-state index contributed by atoms with van der Waals surface area (Å²) < 4.78 is 5.73. The molecule has 0 fully saturated rings. The fraction of sp³-hybridized carbons (Fsp3) is 1.00. The molecule has 0 spiro atoms. The average Bonchev–Trinajstić information content (AvgIpc) is 2.52. The molecule has 0 N–H and O–H groups in total. The Hall–Kier alpha value is 0.250. The highest BCUT2D eigenvalue weighted by Crippen LogP contribution is 2.20. The van der Waals surface area contributed by atoms with Crippen LogP contribution in [0, 0.1) is 5.41 Å². The minimum absolute atomic E-state index is 0.452. The number of ether oxygens (including phenoxy) is 1. The second-order valence-electron chi connectivity index (χ2n) is 8.56. The van der Waals surface area contributed by atoms with Gasteiger partial charge in [-0.05, 0) is 31.1 Å². The molecule has 2 heteroatoms. The van der Waals surface area contributed by atoms with E-state index < -0.39 is 0 Å². The molecule has 0 bridgehead atoms. The Kier molecular flexibility index (Phi) is 18.2. The van der Waals surface area contributed by atoms with E-state index in [0.29, 0.717) is 5.41 Å². The van der Waals surface area contributed by atoms with Crippen molar-refractivity contribution in [3.63, 3.8) is 0 Å². The monoisotopic (exact) mass is 360 g/mol. The van der Waals surface area contributed by atoms with E-state index in [4.69, 9.17) is 16.3 Å². The van der Waals surface area contributed by atoms with Crippen molar-refractivity contribution in [1.82, 2.24) is 0 Å². The van der Waals surface area contributed by atoms with Crippen LogP contribution < -0.4 is 0 Å². The lowest BCUT2D eigenvalue weighted by Gasteiger charge is -2.17. The van der Waals surface area contributed by atoms with Gasteiger partial charge in [0.2, 0.25) is 0 Å². The van der Waals surface area contributed by atoms with Crippen LogP contribution in [-0.2, 0) is 4.74 Å². The summed E-state index contributed by atoms with van der Waals surface area (Å²) in [5.74, 6) is 0.837. The zero-order valence-electron chi connectivity index (χ0n) is 17.0. The fourth-order valence-corrected chi connectivity index (χ4v) is 3.24. The largest absolute Gasteiger partial charge is 0.381 e. The van der Waals surface area contributed by atoms with Gasteiger partial charge in [0.05, 0.1) is 0 Å². The van der Waals surface area contributed by atoms with E-state index in [-0.39, 0.29) is 0 Å².